The number of benzene rings is 1. The van der Waals surface area contributed by atoms with Crippen molar-refractivity contribution in [2.24, 2.45) is 10.9 Å². The Labute approximate surface area is 80.6 Å². The van der Waals surface area contributed by atoms with Gasteiger partial charge in [-0.25, -0.2) is 0 Å². The number of nitrogens with zero attached hydrogens (tertiary/aromatic N) is 1. The molecule has 3 N–H and O–H groups in total. The highest BCUT2D eigenvalue weighted by Crippen LogP contribution is 2.23. The van der Waals surface area contributed by atoms with Gasteiger partial charge in [-0.2, -0.15) is 0 Å². The summed E-state index contributed by atoms with van der Waals surface area (Å²) in [7, 11) is 0. The van der Waals surface area contributed by atoms with E-state index in [0.717, 1.165) is 16.5 Å². The summed E-state index contributed by atoms with van der Waals surface area (Å²) in [5, 5.41) is 12.4. The maximum Gasteiger partial charge on any atom is 0.170 e. The molecule has 0 saturated heterocycles. The van der Waals surface area contributed by atoms with Crippen LogP contribution >= 0.6 is 0 Å². The lowest BCUT2D eigenvalue weighted by Gasteiger charge is -2.01. The Kier molecular flexibility index (Phi) is 1.89. The second kappa shape index (κ2) is 3.06. The largest absolute Gasteiger partial charge is 0.464 e. The van der Waals surface area contributed by atoms with E-state index in [-0.39, 0.29) is 5.84 Å². The zero-order valence-corrected chi connectivity index (χ0v) is 7.69. The second-order valence-electron chi connectivity index (χ2n) is 3.08. The lowest BCUT2D eigenvalue weighted by atomic mass is 10.1. The van der Waals surface area contributed by atoms with Gasteiger partial charge in [-0.15, -0.1) is 0 Å². The van der Waals surface area contributed by atoms with Crippen molar-refractivity contribution in [3.05, 3.63) is 35.6 Å². The molecule has 14 heavy (non-hydrogen) atoms. The number of fused-ring (bicyclic) bond motifs is 1. The van der Waals surface area contributed by atoms with Crippen LogP contribution in [0.3, 0.4) is 0 Å². The SMILES string of the molecule is Cc1ccc(C(N)=NO)c2ccoc12. The molecule has 1 aromatic carbocycles. The minimum absolute atomic E-state index is 0.0939. The average Bonchev–Trinajstić information content (AvgIpc) is 2.67. The maximum atomic E-state index is 8.59. The van der Waals surface area contributed by atoms with E-state index in [1.807, 2.05) is 19.1 Å². The standard InChI is InChI=1S/C10H10N2O2/c1-6-2-3-8(10(11)12-13)7-4-5-14-9(6)7/h2-5,13H,1H3,(H2,11,12). The third-order valence-electron chi connectivity index (χ3n) is 2.20. The molecule has 2 aromatic rings. The first-order valence-corrected chi connectivity index (χ1v) is 4.18. The molecule has 0 aliphatic carbocycles. The van der Waals surface area contributed by atoms with E-state index in [1.165, 1.54) is 0 Å². The number of hydrogen-bond acceptors (Lipinski definition) is 3. The van der Waals surface area contributed by atoms with E-state index >= 15 is 0 Å². The van der Waals surface area contributed by atoms with E-state index in [9.17, 15) is 0 Å². The molecule has 0 saturated carbocycles. The van der Waals surface area contributed by atoms with Crippen LogP contribution in [0.5, 0.6) is 0 Å². The first-order valence-electron chi connectivity index (χ1n) is 4.18. The summed E-state index contributed by atoms with van der Waals surface area (Å²) in [6.45, 7) is 1.95. The fourth-order valence-corrected chi connectivity index (χ4v) is 1.48. The number of amidine groups is 1. The van der Waals surface area contributed by atoms with Crippen LogP contribution in [-0.4, -0.2) is 11.0 Å². The average molecular weight is 190 g/mol. The van der Waals surface area contributed by atoms with Crippen molar-refractivity contribution in [2.75, 3.05) is 0 Å². The van der Waals surface area contributed by atoms with Gasteiger partial charge in [0.1, 0.15) is 5.58 Å². The van der Waals surface area contributed by atoms with E-state index in [4.69, 9.17) is 15.4 Å². The highest BCUT2D eigenvalue weighted by Gasteiger charge is 2.09. The van der Waals surface area contributed by atoms with Crippen LogP contribution in [0.1, 0.15) is 11.1 Å². The van der Waals surface area contributed by atoms with Crippen LogP contribution in [0.4, 0.5) is 0 Å². The van der Waals surface area contributed by atoms with Crippen molar-refractivity contribution in [1.82, 2.24) is 0 Å². The molecule has 0 fully saturated rings. The van der Waals surface area contributed by atoms with Gasteiger partial charge >= 0.3 is 0 Å². The number of hydrogen-bond donors (Lipinski definition) is 2. The summed E-state index contributed by atoms with van der Waals surface area (Å²) in [5.74, 6) is 0.0939. The van der Waals surface area contributed by atoms with Gasteiger partial charge in [0, 0.05) is 10.9 Å². The van der Waals surface area contributed by atoms with Gasteiger partial charge in [0.2, 0.25) is 0 Å². The molecule has 1 heterocycles. The predicted molar refractivity (Wildman–Crippen MR) is 53.5 cm³/mol. The minimum atomic E-state index is 0.0939. The van der Waals surface area contributed by atoms with E-state index in [0.29, 0.717) is 5.56 Å². The Balaban J connectivity index is 2.79. The van der Waals surface area contributed by atoms with Gasteiger partial charge < -0.3 is 15.4 Å². The Bertz CT molecular complexity index is 500. The highest BCUT2D eigenvalue weighted by molar-refractivity contribution is 6.08. The first kappa shape index (κ1) is 8.62. The molecule has 0 bridgehead atoms. The van der Waals surface area contributed by atoms with Gasteiger partial charge in [-0.3, -0.25) is 0 Å². The first-order chi connectivity index (χ1) is 6.74. The molecule has 0 unspecified atom stereocenters. The van der Waals surface area contributed by atoms with Crippen LogP contribution in [0.25, 0.3) is 11.0 Å². The van der Waals surface area contributed by atoms with Crippen LogP contribution in [0, 0.1) is 6.92 Å². The molecule has 4 heteroatoms. The summed E-state index contributed by atoms with van der Waals surface area (Å²) in [6, 6.07) is 5.48. The number of oxime groups is 1. The summed E-state index contributed by atoms with van der Waals surface area (Å²) < 4.78 is 5.29. The summed E-state index contributed by atoms with van der Waals surface area (Å²) >= 11 is 0. The van der Waals surface area contributed by atoms with Crippen LogP contribution in [-0.2, 0) is 0 Å². The number of aryl methyl sites for hydroxylation is 1. The fourth-order valence-electron chi connectivity index (χ4n) is 1.48. The molecule has 4 nitrogen and oxygen atoms in total. The van der Waals surface area contributed by atoms with Gasteiger partial charge in [0.25, 0.3) is 0 Å². The molecule has 2 rings (SSSR count). The number of rotatable bonds is 1. The zero-order valence-electron chi connectivity index (χ0n) is 7.69. The monoisotopic (exact) mass is 190 g/mol. The summed E-state index contributed by atoms with van der Waals surface area (Å²) in [5.41, 5.74) is 8.01. The second-order valence-corrected chi connectivity index (χ2v) is 3.08. The molecular formula is C10H10N2O2. The van der Waals surface area contributed by atoms with Gasteiger partial charge in [0.05, 0.1) is 6.26 Å². The molecule has 0 atom stereocenters. The fraction of sp³-hybridized carbons (Fsp3) is 0.100. The molecule has 1 aromatic heterocycles. The third kappa shape index (κ3) is 1.12. The smallest absolute Gasteiger partial charge is 0.170 e. The van der Waals surface area contributed by atoms with Crippen LogP contribution in [0.15, 0.2) is 34.0 Å². The molecule has 0 radical (unpaired) electrons. The molecule has 72 valence electrons. The van der Waals surface area contributed by atoms with Crippen molar-refractivity contribution in [3.63, 3.8) is 0 Å². The molecule has 0 spiro atoms. The van der Waals surface area contributed by atoms with Crippen molar-refractivity contribution in [3.8, 4) is 0 Å². The van der Waals surface area contributed by atoms with Gasteiger partial charge in [-0.1, -0.05) is 17.3 Å². The van der Waals surface area contributed by atoms with Gasteiger partial charge in [-0.05, 0) is 18.6 Å². The van der Waals surface area contributed by atoms with E-state index in [2.05, 4.69) is 5.16 Å². The minimum Gasteiger partial charge on any atom is -0.464 e. The normalized spacial score (nSPS) is 12.2. The van der Waals surface area contributed by atoms with E-state index < -0.39 is 0 Å². The molecule has 0 amide bonds. The van der Waals surface area contributed by atoms with Crippen LogP contribution in [0.2, 0.25) is 0 Å². The zero-order chi connectivity index (χ0) is 10.1. The van der Waals surface area contributed by atoms with Gasteiger partial charge in [0.15, 0.2) is 5.84 Å². The quantitative estimate of drug-likeness (QED) is 0.312. The maximum absolute atomic E-state index is 8.59. The lowest BCUT2D eigenvalue weighted by molar-refractivity contribution is 0.318. The third-order valence-corrected chi connectivity index (χ3v) is 2.20. The lowest BCUT2D eigenvalue weighted by Crippen LogP contribution is -2.13. The van der Waals surface area contributed by atoms with Crippen molar-refractivity contribution in [2.45, 2.75) is 6.92 Å². The van der Waals surface area contributed by atoms with Crippen LogP contribution < -0.4 is 5.73 Å². The van der Waals surface area contributed by atoms with Crippen molar-refractivity contribution >= 4 is 16.8 Å². The Morgan fingerprint density at radius 2 is 2.21 bits per heavy atom. The molecule has 0 aliphatic rings. The predicted octanol–water partition coefficient (Wildman–Crippen LogP) is 1.84. The molecule has 0 aliphatic heterocycles. The topological polar surface area (TPSA) is 71.8 Å². The summed E-state index contributed by atoms with van der Waals surface area (Å²) in [4.78, 5) is 0. The van der Waals surface area contributed by atoms with Crippen molar-refractivity contribution in [1.29, 1.82) is 0 Å². The van der Waals surface area contributed by atoms with Crippen molar-refractivity contribution < 1.29 is 9.62 Å². The van der Waals surface area contributed by atoms with E-state index in [1.54, 1.807) is 12.3 Å². The number of furan rings is 1. The molecular weight excluding hydrogens is 180 g/mol. The summed E-state index contributed by atoms with van der Waals surface area (Å²) in [6.07, 6.45) is 1.59. The number of nitrogens with two attached hydrogens (primary N) is 1. The highest BCUT2D eigenvalue weighted by atomic mass is 16.4. The Hall–Kier alpha value is -1.97. The Morgan fingerprint density at radius 3 is 2.93 bits per heavy atom. The Morgan fingerprint density at radius 1 is 1.43 bits per heavy atom.